The summed E-state index contributed by atoms with van der Waals surface area (Å²) >= 11 is 0. The Kier molecular flexibility index (Phi) is 4.54. The third-order valence-corrected chi connectivity index (χ3v) is 3.00. The van der Waals surface area contributed by atoms with Crippen LogP contribution in [0.3, 0.4) is 0 Å². The fraction of sp³-hybridized carbons (Fsp3) is 0.909. The quantitative estimate of drug-likeness (QED) is 0.713. The Hall–Kier alpha value is -0.610. The molecular weight excluding hydrogens is 192 g/mol. The van der Waals surface area contributed by atoms with Crippen LogP contribution in [0.4, 0.5) is 0 Å². The Labute approximate surface area is 91.6 Å². The molecule has 0 aromatic carbocycles. The first-order valence-corrected chi connectivity index (χ1v) is 5.67. The van der Waals surface area contributed by atoms with Gasteiger partial charge in [0, 0.05) is 20.1 Å². The van der Waals surface area contributed by atoms with Crippen molar-refractivity contribution >= 4 is 5.91 Å². The summed E-state index contributed by atoms with van der Waals surface area (Å²) < 4.78 is 0. The molecule has 3 atom stereocenters. The molecule has 0 radical (unpaired) electrons. The van der Waals surface area contributed by atoms with Gasteiger partial charge in [-0.15, -0.1) is 0 Å². The van der Waals surface area contributed by atoms with E-state index in [1.54, 1.807) is 19.0 Å². The highest BCUT2D eigenvalue weighted by Gasteiger charge is 2.26. The van der Waals surface area contributed by atoms with Crippen LogP contribution in [0.2, 0.25) is 0 Å². The maximum absolute atomic E-state index is 11.6. The maximum atomic E-state index is 11.6. The molecule has 0 spiro atoms. The van der Waals surface area contributed by atoms with Crippen LogP contribution >= 0.6 is 0 Å². The summed E-state index contributed by atoms with van der Waals surface area (Å²) in [7, 11) is 3.50. The van der Waals surface area contributed by atoms with Crippen molar-refractivity contribution in [2.45, 2.75) is 50.8 Å². The zero-order valence-electron chi connectivity index (χ0n) is 9.86. The van der Waals surface area contributed by atoms with E-state index in [2.05, 4.69) is 5.32 Å². The standard InChI is InChI=1S/C11H22N2O2/c1-8(11(15)13(2)3)12-9-6-4-5-7-10(9)14/h8-10,12,14H,4-7H2,1-3H3. The molecule has 0 saturated heterocycles. The highest BCUT2D eigenvalue weighted by molar-refractivity contribution is 5.80. The van der Waals surface area contributed by atoms with E-state index in [-0.39, 0.29) is 24.1 Å². The molecule has 0 aliphatic heterocycles. The summed E-state index contributed by atoms with van der Waals surface area (Å²) in [6, 6.07) is -0.129. The second-order valence-electron chi connectivity index (χ2n) is 4.58. The number of nitrogens with zero attached hydrogens (tertiary/aromatic N) is 1. The van der Waals surface area contributed by atoms with Crippen LogP contribution in [-0.4, -0.2) is 48.2 Å². The van der Waals surface area contributed by atoms with Gasteiger partial charge in [-0.2, -0.15) is 0 Å². The lowest BCUT2D eigenvalue weighted by Gasteiger charge is -2.31. The van der Waals surface area contributed by atoms with E-state index in [0.29, 0.717) is 0 Å². The molecule has 0 bridgehead atoms. The van der Waals surface area contributed by atoms with Gasteiger partial charge >= 0.3 is 0 Å². The highest BCUT2D eigenvalue weighted by Crippen LogP contribution is 2.18. The normalized spacial score (nSPS) is 28.5. The number of hydrogen-bond acceptors (Lipinski definition) is 3. The van der Waals surface area contributed by atoms with E-state index in [9.17, 15) is 9.90 Å². The number of carbonyl (C=O) groups is 1. The van der Waals surface area contributed by atoms with Gasteiger partial charge in [0.1, 0.15) is 0 Å². The molecule has 1 aliphatic rings. The smallest absolute Gasteiger partial charge is 0.238 e. The molecule has 4 nitrogen and oxygen atoms in total. The van der Waals surface area contributed by atoms with Crippen LogP contribution in [0.5, 0.6) is 0 Å². The molecule has 1 fully saturated rings. The monoisotopic (exact) mass is 214 g/mol. The van der Waals surface area contributed by atoms with Crippen molar-refractivity contribution in [2.24, 2.45) is 0 Å². The van der Waals surface area contributed by atoms with E-state index in [1.165, 1.54) is 0 Å². The van der Waals surface area contributed by atoms with Crippen molar-refractivity contribution in [1.29, 1.82) is 0 Å². The molecular formula is C11H22N2O2. The third kappa shape index (κ3) is 3.47. The van der Waals surface area contributed by atoms with Crippen LogP contribution < -0.4 is 5.32 Å². The number of nitrogens with one attached hydrogen (secondary N) is 1. The lowest BCUT2D eigenvalue weighted by molar-refractivity contribution is -0.131. The van der Waals surface area contributed by atoms with E-state index in [1.807, 2.05) is 6.92 Å². The largest absolute Gasteiger partial charge is 0.392 e. The molecule has 1 saturated carbocycles. The van der Waals surface area contributed by atoms with Crippen LogP contribution in [0, 0.1) is 0 Å². The van der Waals surface area contributed by atoms with Crippen molar-refractivity contribution in [1.82, 2.24) is 10.2 Å². The van der Waals surface area contributed by atoms with Gasteiger partial charge in [-0.05, 0) is 19.8 Å². The van der Waals surface area contributed by atoms with E-state index < -0.39 is 0 Å². The van der Waals surface area contributed by atoms with Crippen molar-refractivity contribution in [3.8, 4) is 0 Å². The van der Waals surface area contributed by atoms with E-state index in [0.717, 1.165) is 25.7 Å². The molecule has 15 heavy (non-hydrogen) atoms. The Bertz CT molecular complexity index is 219. The first kappa shape index (κ1) is 12.5. The topological polar surface area (TPSA) is 52.6 Å². The molecule has 4 heteroatoms. The van der Waals surface area contributed by atoms with E-state index >= 15 is 0 Å². The number of rotatable bonds is 3. The number of carbonyl (C=O) groups excluding carboxylic acids is 1. The number of hydrogen-bond donors (Lipinski definition) is 2. The predicted octanol–water partition coefficient (Wildman–Crippen LogP) is 0.356. The summed E-state index contributed by atoms with van der Waals surface area (Å²) in [5.74, 6) is 0.0628. The van der Waals surface area contributed by atoms with Gasteiger partial charge in [0.15, 0.2) is 0 Å². The second-order valence-corrected chi connectivity index (χ2v) is 4.58. The van der Waals surface area contributed by atoms with Gasteiger partial charge in [0.25, 0.3) is 0 Å². The zero-order chi connectivity index (χ0) is 11.4. The molecule has 1 aliphatic carbocycles. The SMILES string of the molecule is CC(NC1CCCCC1O)C(=O)N(C)C. The minimum Gasteiger partial charge on any atom is -0.392 e. The molecule has 88 valence electrons. The molecule has 3 unspecified atom stereocenters. The van der Waals surface area contributed by atoms with E-state index in [4.69, 9.17) is 0 Å². The lowest BCUT2D eigenvalue weighted by Crippen LogP contribution is -2.51. The van der Waals surface area contributed by atoms with Gasteiger partial charge in [0.05, 0.1) is 12.1 Å². The van der Waals surface area contributed by atoms with Crippen LogP contribution in [-0.2, 0) is 4.79 Å². The van der Waals surface area contributed by atoms with Crippen molar-refractivity contribution in [2.75, 3.05) is 14.1 Å². The average Bonchev–Trinajstić information content (AvgIpc) is 2.20. The van der Waals surface area contributed by atoms with Gasteiger partial charge in [-0.3, -0.25) is 4.79 Å². The molecule has 0 aromatic rings. The fourth-order valence-corrected chi connectivity index (χ4v) is 2.09. The summed E-state index contributed by atoms with van der Waals surface area (Å²) in [5.41, 5.74) is 0. The predicted molar refractivity (Wildman–Crippen MR) is 59.6 cm³/mol. The molecule has 1 amide bonds. The highest BCUT2D eigenvalue weighted by atomic mass is 16.3. The molecule has 2 N–H and O–H groups in total. The Balaban J connectivity index is 2.42. The van der Waals surface area contributed by atoms with Gasteiger partial charge in [0.2, 0.25) is 5.91 Å². The first-order valence-electron chi connectivity index (χ1n) is 5.67. The van der Waals surface area contributed by atoms with Gasteiger partial charge in [-0.25, -0.2) is 0 Å². The first-order chi connectivity index (χ1) is 7.02. The van der Waals surface area contributed by atoms with Crippen molar-refractivity contribution in [3.63, 3.8) is 0 Å². The number of likely N-dealkylation sites (N-methyl/N-ethyl adjacent to an activating group) is 1. The van der Waals surface area contributed by atoms with Crippen LogP contribution in [0.25, 0.3) is 0 Å². The molecule has 0 aromatic heterocycles. The fourth-order valence-electron chi connectivity index (χ4n) is 2.09. The van der Waals surface area contributed by atoms with Crippen LogP contribution in [0.15, 0.2) is 0 Å². The number of amides is 1. The lowest BCUT2D eigenvalue weighted by atomic mass is 9.92. The van der Waals surface area contributed by atoms with Crippen LogP contribution in [0.1, 0.15) is 32.6 Å². The summed E-state index contributed by atoms with van der Waals surface area (Å²) in [6.45, 7) is 1.85. The number of aliphatic hydroxyl groups excluding tert-OH is 1. The third-order valence-electron chi connectivity index (χ3n) is 3.00. The Morgan fingerprint density at radius 2 is 2.00 bits per heavy atom. The van der Waals surface area contributed by atoms with Crippen molar-refractivity contribution < 1.29 is 9.90 Å². The zero-order valence-corrected chi connectivity index (χ0v) is 9.86. The Morgan fingerprint density at radius 3 is 2.53 bits per heavy atom. The van der Waals surface area contributed by atoms with Crippen molar-refractivity contribution in [3.05, 3.63) is 0 Å². The minimum absolute atomic E-state index is 0.0628. The average molecular weight is 214 g/mol. The number of aliphatic hydroxyl groups is 1. The summed E-state index contributed by atoms with van der Waals surface area (Å²) in [6.07, 6.45) is 3.75. The van der Waals surface area contributed by atoms with Gasteiger partial charge < -0.3 is 15.3 Å². The molecule has 0 heterocycles. The summed E-state index contributed by atoms with van der Waals surface area (Å²) in [4.78, 5) is 13.2. The molecule has 1 rings (SSSR count). The summed E-state index contributed by atoms with van der Waals surface area (Å²) in [5, 5.41) is 13.0. The second kappa shape index (κ2) is 5.47. The maximum Gasteiger partial charge on any atom is 0.238 e. The Morgan fingerprint density at radius 1 is 1.40 bits per heavy atom. The minimum atomic E-state index is -0.295. The van der Waals surface area contributed by atoms with Gasteiger partial charge in [-0.1, -0.05) is 12.8 Å².